The molecule has 4 nitrogen and oxygen atoms in total. The average molecular weight is 729 g/mol. The average Bonchev–Trinajstić information content (AvgIpc) is 3.74. The first-order chi connectivity index (χ1) is 28.1. The number of fused-ring (bicyclic) bond motifs is 10. The van der Waals surface area contributed by atoms with Crippen molar-refractivity contribution in [3.63, 3.8) is 0 Å². The monoisotopic (exact) mass is 728 g/mol. The Morgan fingerprint density at radius 3 is 1.40 bits per heavy atom. The van der Waals surface area contributed by atoms with Gasteiger partial charge in [-0.1, -0.05) is 164 Å². The van der Waals surface area contributed by atoms with Crippen molar-refractivity contribution in [2.45, 2.75) is 19.3 Å². The van der Waals surface area contributed by atoms with Gasteiger partial charge in [-0.25, -0.2) is 15.0 Å². The number of pyridine rings is 1. The fraction of sp³-hybridized carbons (Fsp3) is 0.0566. The van der Waals surface area contributed by atoms with Gasteiger partial charge in [0.2, 0.25) is 0 Å². The fourth-order valence-corrected chi connectivity index (χ4v) is 9.36. The van der Waals surface area contributed by atoms with E-state index in [2.05, 4.69) is 171 Å². The molecule has 0 N–H and O–H groups in total. The van der Waals surface area contributed by atoms with Crippen molar-refractivity contribution in [1.29, 1.82) is 0 Å². The third kappa shape index (κ3) is 5.07. The molecule has 0 unspecified atom stereocenters. The van der Waals surface area contributed by atoms with E-state index in [9.17, 15) is 0 Å². The van der Waals surface area contributed by atoms with Crippen molar-refractivity contribution in [3.05, 3.63) is 216 Å². The Bertz CT molecular complexity index is 3010. The van der Waals surface area contributed by atoms with Crippen molar-refractivity contribution in [2.75, 3.05) is 0 Å². The largest absolute Gasteiger partial charge is 0.258 e. The summed E-state index contributed by atoms with van der Waals surface area (Å²) in [4.78, 5) is 20.3. The Morgan fingerprint density at radius 2 is 0.772 bits per heavy atom. The highest BCUT2D eigenvalue weighted by molar-refractivity contribution is 5.96. The van der Waals surface area contributed by atoms with Crippen molar-refractivity contribution in [1.82, 2.24) is 19.9 Å². The van der Waals surface area contributed by atoms with E-state index in [0.29, 0.717) is 17.5 Å². The lowest BCUT2D eigenvalue weighted by atomic mass is 9.70. The Labute approximate surface area is 332 Å². The van der Waals surface area contributed by atoms with Crippen LogP contribution in [0, 0.1) is 13.8 Å². The predicted octanol–water partition coefficient (Wildman–Crippen LogP) is 12.6. The van der Waals surface area contributed by atoms with E-state index in [1.165, 1.54) is 44.5 Å². The van der Waals surface area contributed by atoms with Crippen LogP contribution >= 0.6 is 0 Å². The van der Waals surface area contributed by atoms with E-state index in [1.54, 1.807) is 0 Å². The summed E-state index contributed by atoms with van der Waals surface area (Å²) in [5.41, 5.74) is 19.2. The molecule has 2 aliphatic rings. The van der Waals surface area contributed by atoms with Crippen molar-refractivity contribution in [2.24, 2.45) is 0 Å². The zero-order chi connectivity index (χ0) is 38.1. The number of rotatable bonds is 5. The third-order valence-corrected chi connectivity index (χ3v) is 11.8. The van der Waals surface area contributed by atoms with E-state index >= 15 is 0 Å². The second-order valence-electron chi connectivity index (χ2n) is 15.0. The number of aromatic nitrogens is 4. The lowest BCUT2D eigenvalue weighted by Gasteiger charge is -2.30. The summed E-state index contributed by atoms with van der Waals surface area (Å²) >= 11 is 0. The molecule has 9 aromatic rings. The molecular weight excluding hydrogens is 693 g/mol. The molecule has 0 fully saturated rings. The summed E-state index contributed by atoms with van der Waals surface area (Å²) in [5, 5.41) is 0. The predicted molar refractivity (Wildman–Crippen MR) is 231 cm³/mol. The lowest BCUT2D eigenvalue weighted by molar-refractivity contribution is 0.794. The molecule has 268 valence electrons. The van der Waals surface area contributed by atoms with Gasteiger partial charge in [-0.2, -0.15) is 0 Å². The maximum atomic E-state index is 5.25. The first-order valence-corrected chi connectivity index (χ1v) is 19.5. The van der Waals surface area contributed by atoms with Crippen LogP contribution in [0.3, 0.4) is 0 Å². The molecule has 2 aliphatic carbocycles. The summed E-state index contributed by atoms with van der Waals surface area (Å²) in [6.45, 7) is 4.11. The van der Waals surface area contributed by atoms with E-state index in [1.807, 2.05) is 25.1 Å². The van der Waals surface area contributed by atoms with Crippen LogP contribution in [-0.2, 0) is 5.41 Å². The molecule has 57 heavy (non-hydrogen) atoms. The quantitative estimate of drug-likeness (QED) is 0.177. The van der Waals surface area contributed by atoms with E-state index < -0.39 is 5.41 Å². The Kier molecular flexibility index (Phi) is 7.48. The van der Waals surface area contributed by atoms with Gasteiger partial charge in [-0.05, 0) is 93.2 Å². The van der Waals surface area contributed by atoms with E-state index in [-0.39, 0.29) is 0 Å². The second kappa shape index (κ2) is 12.9. The topological polar surface area (TPSA) is 51.6 Å². The molecule has 11 rings (SSSR count). The van der Waals surface area contributed by atoms with Gasteiger partial charge >= 0.3 is 0 Å². The highest BCUT2D eigenvalue weighted by Crippen LogP contribution is 2.62. The number of hydrogen-bond acceptors (Lipinski definition) is 4. The van der Waals surface area contributed by atoms with Crippen LogP contribution in [0.2, 0.25) is 0 Å². The summed E-state index contributed by atoms with van der Waals surface area (Å²) < 4.78 is 0. The van der Waals surface area contributed by atoms with Gasteiger partial charge in [0.1, 0.15) is 0 Å². The SMILES string of the molecule is Cc1ccc(-c2ccccc2-c2cccc(-c3nc(-c4ccccc4)nc(-c4ccc5c(c4)-c4ccccc4C54c5ccccc5-c5ccccc54)n3)c2)c(C)n1. The van der Waals surface area contributed by atoms with Crippen LogP contribution in [0.25, 0.3) is 78.7 Å². The zero-order valence-corrected chi connectivity index (χ0v) is 31.6. The van der Waals surface area contributed by atoms with Crippen molar-refractivity contribution >= 4 is 0 Å². The molecular formula is C53H36N4. The smallest absolute Gasteiger partial charge is 0.164 e. The molecule has 0 aliphatic heterocycles. The molecule has 0 amide bonds. The third-order valence-electron chi connectivity index (χ3n) is 11.8. The minimum Gasteiger partial charge on any atom is -0.258 e. The van der Waals surface area contributed by atoms with Crippen LogP contribution in [0.5, 0.6) is 0 Å². The normalized spacial score (nSPS) is 12.9. The molecule has 0 atom stereocenters. The summed E-state index contributed by atoms with van der Waals surface area (Å²) in [7, 11) is 0. The Balaban J connectivity index is 1.08. The number of benzene rings is 7. The highest BCUT2D eigenvalue weighted by Gasteiger charge is 2.51. The van der Waals surface area contributed by atoms with Crippen LogP contribution < -0.4 is 0 Å². The standard InChI is InChI=1S/C53H36N4/c1-33-27-29-39(34(2)54-33)41-20-7-6-19-40(41)36-17-14-18-37(31-36)51-55-50(35-15-4-3-5-16-35)56-52(57-51)38-28-30-49-45(32-38)44-23-10-13-26-48(44)53(49)46-24-11-8-21-42(46)43-22-9-12-25-47(43)53/h3-32H,1-2H3. The summed E-state index contributed by atoms with van der Waals surface area (Å²) in [5.74, 6) is 1.90. The first kappa shape index (κ1) is 33.1. The van der Waals surface area contributed by atoms with Crippen molar-refractivity contribution in [3.8, 4) is 78.7 Å². The number of hydrogen-bond donors (Lipinski definition) is 0. The van der Waals surface area contributed by atoms with Gasteiger partial charge < -0.3 is 0 Å². The summed E-state index contributed by atoms with van der Waals surface area (Å²) in [6.07, 6.45) is 0. The number of aryl methyl sites for hydroxylation is 2. The van der Waals surface area contributed by atoms with Crippen LogP contribution in [0.4, 0.5) is 0 Å². The second-order valence-corrected chi connectivity index (χ2v) is 15.0. The first-order valence-electron chi connectivity index (χ1n) is 19.5. The molecule has 0 saturated heterocycles. The number of nitrogens with zero attached hydrogens (tertiary/aromatic N) is 4. The van der Waals surface area contributed by atoms with Gasteiger partial charge in [0.25, 0.3) is 0 Å². The van der Waals surface area contributed by atoms with Gasteiger partial charge in [-0.3, -0.25) is 4.98 Å². The molecule has 2 aromatic heterocycles. The van der Waals surface area contributed by atoms with Crippen LogP contribution in [0.1, 0.15) is 33.6 Å². The lowest BCUT2D eigenvalue weighted by Crippen LogP contribution is -2.25. The minimum atomic E-state index is -0.402. The Hall–Kier alpha value is -7.30. The molecule has 0 bridgehead atoms. The molecule has 2 heterocycles. The zero-order valence-electron chi connectivity index (χ0n) is 31.6. The maximum absolute atomic E-state index is 5.25. The van der Waals surface area contributed by atoms with Gasteiger partial charge in [0.05, 0.1) is 5.41 Å². The highest BCUT2D eigenvalue weighted by atomic mass is 15.0. The van der Waals surface area contributed by atoms with E-state index in [4.69, 9.17) is 19.9 Å². The van der Waals surface area contributed by atoms with Crippen molar-refractivity contribution < 1.29 is 0 Å². The molecule has 0 radical (unpaired) electrons. The molecule has 0 saturated carbocycles. The fourth-order valence-electron chi connectivity index (χ4n) is 9.36. The maximum Gasteiger partial charge on any atom is 0.164 e. The minimum absolute atomic E-state index is 0.402. The Morgan fingerprint density at radius 1 is 0.298 bits per heavy atom. The summed E-state index contributed by atoms with van der Waals surface area (Å²) in [6, 6.07) is 65.1. The van der Waals surface area contributed by atoms with Gasteiger partial charge in [0.15, 0.2) is 17.5 Å². The van der Waals surface area contributed by atoms with Gasteiger partial charge in [-0.15, -0.1) is 0 Å². The van der Waals surface area contributed by atoms with Crippen LogP contribution in [0.15, 0.2) is 182 Å². The van der Waals surface area contributed by atoms with Gasteiger partial charge in [0, 0.05) is 33.6 Å². The van der Waals surface area contributed by atoms with E-state index in [0.717, 1.165) is 50.3 Å². The molecule has 7 aromatic carbocycles. The molecule has 4 heteroatoms. The molecule has 1 spiro atoms. The van der Waals surface area contributed by atoms with Crippen LogP contribution in [-0.4, -0.2) is 19.9 Å².